The Morgan fingerprint density at radius 2 is 1.44 bits per heavy atom. The Morgan fingerprint density at radius 1 is 0.860 bits per heavy atom. The average Bonchev–Trinajstić information content (AvgIpc) is 2.97. The number of amides is 2. The van der Waals surface area contributed by atoms with Crippen LogP contribution in [0.5, 0.6) is 0 Å². The molecule has 2 amide bonds. The second kappa shape index (κ2) is 12.9. The summed E-state index contributed by atoms with van der Waals surface area (Å²) in [4.78, 5) is 31.5. The first-order valence-corrected chi connectivity index (χ1v) is 13.8. The number of carbonyl (C=O) groups is 2. The molecular weight excluding hydrogens is 604 g/mol. The van der Waals surface area contributed by atoms with E-state index in [1.165, 1.54) is 4.90 Å². The van der Waals surface area contributed by atoms with Gasteiger partial charge in [0, 0.05) is 70.1 Å². The van der Waals surface area contributed by atoms with Crippen molar-refractivity contribution in [3.05, 3.63) is 70.8 Å². The number of morpholine rings is 1. The van der Waals surface area contributed by atoms with Gasteiger partial charge in [-0.05, 0) is 23.8 Å². The monoisotopic (exact) mass is 635 g/mol. The molecule has 1 unspecified atom stereocenters. The van der Waals surface area contributed by atoms with Crippen LogP contribution in [0.1, 0.15) is 45.8 Å². The lowest BCUT2D eigenvalue weighted by atomic mass is 9.74. The molecule has 7 nitrogen and oxygen atoms in total. The largest absolute Gasteiger partial charge is 0.442 e. The van der Waals surface area contributed by atoms with E-state index in [1.54, 1.807) is 4.90 Å². The van der Waals surface area contributed by atoms with E-state index in [2.05, 4.69) is 4.90 Å². The van der Waals surface area contributed by atoms with Crippen molar-refractivity contribution in [2.24, 2.45) is 0 Å². The molecule has 236 valence electrons. The Bertz CT molecular complexity index is 1250. The second-order valence-corrected chi connectivity index (χ2v) is 10.9. The Kier molecular flexibility index (Phi) is 9.87. The zero-order valence-electron chi connectivity index (χ0n) is 23.1. The minimum atomic E-state index is -5.06. The highest BCUT2D eigenvalue weighted by Crippen LogP contribution is 2.44. The van der Waals surface area contributed by atoms with Crippen LogP contribution in [0.2, 0.25) is 0 Å². The van der Waals surface area contributed by atoms with Crippen molar-refractivity contribution in [1.82, 2.24) is 14.7 Å². The molecule has 1 atom stereocenters. The summed E-state index contributed by atoms with van der Waals surface area (Å²) in [6.07, 6.45) is -10.2. The normalized spacial score (nSPS) is 21.3. The van der Waals surface area contributed by atoms with Gasteiger partial charge in [0.25, 0.3) is 5.91 Å². The van der Waals surface area contributed by atoms with Crippen molar-refractivity contribution in [2.75, 3.05) is 59.0 Å². The molecule has 3 aliphatic rings. The number of rotatable bonds is 5. The molecule has 43 heavy (non-hydrogen) atoms. The highest BCUT2D eigenvalue weighted by Gasteiger charge is 2.51. The molecule has 0 saturated carbocycles. The maximum atomic E-state index is 13.4. The molecule has 0 radical (unpaired) electrons. The second-order valence-electron chi connectivity index (χ2n) is 10.9. The van der Waals surface area contributed by atoms with Gasteiger partial charge >= 0.3 is 18.4 Å². The van der Waals surface area contributed by atoms with Gasteiger partial charge in [0.2, 0.25) is 0 Å². The molecule has 3 fully saturated rings. The van der Waals surface area contributed by atoms with E-state index >= 15 is 0 Å². The predicted octanol–water partition coefficient (Wildman–Crippen LogP) is 5.69. The van der Waals surface area contributed by atoms with Crippen molar-refractivity contribution in [3.8, 4) is 0 Å². The van der Waals surface area contributed by atoms with Gasteiger partial charge in [-0.1, -0.05) is 30.3 Å². The highest BCUT2D eigenvalue weighted by molar-refractivity contribution is 5.94. The number of halogens is 7. The third kappa shape index (κ3) is 7.38. The molecule has 2 aromatic carbocycles. The average molecular weight is 636 g/mol. The molecule has 0 aromatic heterocycles. The van der Waals surface area contributed by atoms with E-state index in [1.807, 2.05) is 30.3 Å². The molecule has 14 heteroatoms. The first kappa shape index (κ1) is 32.9. The molecule has 3 saturated heterocycles. The standard InChI is InChI=1S/C29H31F6N3O4.ClH/c30-28(31,32)22-16-21(17-23(18-22)29(33,34)35)25(39)37-8-6-27(7-9-37)24(20-4-2-1-3-5-20)19-38(26(40)42-27)11-10-36-12-14-41-15-13-36;/h1-5,16-18,24H,6-15,19H2;1H. The zero-order valence-corrected chi connectivity index (χ0v) is 23.9. The predicted molar refractivity (Wildman–Crippen MR) is 146 cm³/mol. The summed E-state index contributed by atoms with van der Waals surface area (Å²) < 4.78 is 91.7. The molecular formula is C29H32ClF6N3O4. The van der Waals surface area contributed by atoms with E-state index in [0.29, 0.717) is 45.0 Å². The third-order valence-electron chi connectivity index (χ3n) is 8.31. The van der Waals surface area contributed by atoms with Crippen LogP contribution >= 0.6 is 12.4 Å². The van der Waals surface area contributed by atoms with Crippen LogP contribution in [0.25, 0.3) is 0 Å². The fourth-order valence-electron chi connectivity index (χ4n) is 5.93. The summed E-state index contributed by atoms with van der Waals surface area (Å²) in [6.45, 7) is 4.31. The van der Waals surface area contributed by atoms with Crippen LogP contribution in [-0.2, 0) is 21.8 Å². The summed E-state index contributed by atoms with van der Waals surface area (Å²) in [7, 11) is 0. The van der Waals surface area contributed by atoms with Crippen LogP contribution < -0.4 is 0 Å². The number of likely N-dealkylation sites (tertiary alicyclic amines) is 1. The van der Waals surface area contributed by atoms with Gasteiger partial charge in [-0.2, -0.15) is 26.3 Å². The minimum Gasteiger partial charge on any atom is -0.442 e. The number of nitrogens with zero attached hydrogens (tertiary/aromatic N) is 3. The first-order chi connectivity index (χ1) is 19.9. The van der Waals surface area contributed by atoms with Gasteiger partial charge in [-0.25, -0.2) is 4.79 Å². The number of carbonyl (C=O) groups excluding carboxylic acids is 2. The van der Waals surface area contributed by atoms with E-state index in [4.69, 9.17) is 9.47 Å². The first-order valence-electron chi connectivity index (χ1n) is 13.8. The van der Waals surface area contributed by atoms with Crippen LogP contribution in [-0.4, -0.2) is 91.3 Å². The molecule has 3 heterocycles. The quantitative estimate of drug-likeness (QED) is 0.395. The lowest BCUT2D eigenvalue weighted by Crippen LogP contribution is -2.60. The van der Waals surface area contributed by atoms with E-state index in [9.17, 15) is 35.9 Å². The van der Waals surface area contributed by atoms with E-state index in [0.717, 1.165) is 18.7 Å². The Hall–Kier alpha value is -3.03. The summed E-state index contributed by atoms with van der Waals surface area (Å²) in [6, 6.07) is 10.4. The van der Waals surface area contributed by atoms with Crippen molar-refractivity contribution in [1.29, 1.82) is 0 Å². The van der Waals surface area contributed by atoms with E-state index in [-0.39, 0.29) is 50.3 Å². The Balaban J connectivity index is 0.00000423. The summed E-state index contributed by atoms with van der Waals surface area (Å²) in [5.41, 5.74) is -3.82. The lowest BCUT2D eigenvalue weighted by molar-refractivity contribution is -0.143. The van der Waals surface area contributed by atoms with Gasteiger partial charge in [0.15, 0.2) is 0 Å². The summed E-state index contributed by atoms with van der Waals surface area (Å²) in [5, 5.41) is 0. The number of hydrogen-bond acceptors (Lipinski definition) is 5. The number of ether oxygens (including phenoxy) is 2. The highest BCUT2D eigenvalue weighted by atomic mass is 35.5. The third-order valence-corrected chi connectivity index (χ3v) is 8.31. The Morgan fingerprint density at radius 3 is 2.00 bits per heavy atom. The molecule has 0 aliphatic carbocycles. The van der Waals surface area contributed by atoms with Crippen LogP contribution in [0.15, 0.2) is 48.5 Å². The fraction of sp³-hybridized carbons (Fsp3) is 0.517. The van der Waals surface area contributed by atoms with Crippen molar-refractivity contribution >= 4 is 24.4 Å². The smallest absolute Gasteiger partial charge is 0.416 e. The fourth-order valence-corrected chi connectivity index (χ4v) is 5.93. The van der Waals surface area contributed by atoms with E-state index < -0.39 is 46.6 Å². The van der Waals surface area contributed by atoms with Crippen molar-refractivity contribution in [2.45, 2.75) is 36.7 Å². The maximum absolute atomic E-state index is 13.4. The topological polar surface area (TPSA) is 62.3 Å². The maximum Gasteiger partial charge on any atom is 0.416 e. The molecule has 5 rings (SSSR count). The van der Waals surface area contributed by atoms with Crippen LogP contribution in [0, 0.1) is 0 Å². The Labute approximate surface area is 251 Å². The van der Waals surface area contributed by atoms with Gasteiger partial charge in [-0.3, -0.25) is 9.69 Å². The molecule has 0 bridgehead atoms. The van der Waals surface area contributed by atoms with Crippen molar-refractivity contribution in [3.63, 3.8) is 0 Å². The van der Waals surface area contributed by atoms with Crippen LogP contribution in [0.4, 0.5) is 31.1 Å². The molecule has 2 aromatic rings. The molecule has 0 N–H and O–H groups in total. The van der Waals surface area contributed by atoms with Gasteiger partial charge in [-0.15, -0.1) is 12.4 Å². The molecule has 1 spiro atoms. The number of alkyl halides is 6. The van der Waals surface area contributed by atoms with Gasteiger partial charge in [0.05, 0.1) is 24.3 Å². The van der Waals surface area contributed by atoms with Gasteiger partial charge < -0.3 is 19.3 Å². The van der Waals surface area contributed by atoms with Crippen molar-refractivity contribution < 1.29 is 45.4 Å². The number of piperidine rings is 1. The number of hydrogen-bond donors (Lipinski definition) is 0. The SMILES string of the molecule is Cl.O=C1OC2(CCN(C(=O)c3cc(C(F)(F)F)cc(C(F)(F)F)c3)CC2)C(c2ccccc2)CN1CCN1CCOCC1. The summed E-state index contributed by atoms with van der Waals surface area (Å²) >= 11 is 0. The van der Waals surface area contributed by atoms with Crippen LogP contribution in [0.3, 0.4) is 0 Å². The van der Waals surface area contributed by atoms with Gasteiger partial charge in [0.1, 0.15) is 5.60 Å². The molecule has 3 aliphatic heterocycles. The number of benzene rings is 2. The zero-order chi connectivity index (χ0) is 30.1. The summed E-state index contributed by atoms with van der Waals surface area (Å²) in [5.74, 6) is -1.18. The minimum absolute atomic E-state index is 0. The lowest BCUT2D eigenvalue weighted by Gasteiger charge is -2.51.